The molecule has 0 aromatic heterocycles. The smallest absolute Gasteiger partial charge is 0.244 e. The lowest BCUT2D eigenvalue weighted by Gasteiger charge is -2.30. The van der Waals surface area contributed by atoms with Crippen molar-refractivity contribution in [2.24, 2.45) is 0 Å². The molecule has 5 nitrogen and oxygen atoms in total. The van der Waals surface area contributed by atoms with Crippen LogP contribution in [-0.2, 0) is 9.53 Å². The van der Waals surface area contributed by atoms with Gasteiger partial charge in [-0.15, -0.1) is 0 Å². The average Bonchev–Trinajstić information content (AvgIpc) is 2.55. The number of anilines is 1. The van der Waals surface area contributed by atoms with E-state index in [1.807, 2.05) is 50.1 Å². The second kappa shape index (κ2) is 9.98. The van der Waals surface area contributed by atoms with E-state index in [-0.39, 0.29) is 11.9 Å². The molecule has 0 saturated heterocycles. The van der Waals surface area contributed by atoms with Gasteiger partial charge in [0.25, 0.3) is 0 Å². The van der Waals surface area contributed by atoms with Gasteiger partial charge in [-0.3, -0.25) is 9.69 Å². The minimum Gasteiger partial charge on any atom is -0.385 e. The molecular formula is C18H27N3O2. The van der Waals surface area contributed by atoms with E-state index in [1.165, 1.54) is 0 Å². The Balaban J connectivity index is 2.82. The van der Waals surface area contributed by atoms with Crippen LogP contribution in [0, 0.1) is 18.3 Å². The van der Waals surface area contributed by atoms with Gasteiger partial charge in [-0.05, 0) is 39.4 Å². The number of nitrogens with zero attached hydrogens (tertiary/aromatic N) is 3. The molecule has 0 aliphatic carbocycles. The summed E-state index contributed by atoms with van der Waals surface area (Å²) in [6.07, 6.45) is 1.20. The molecule has 1 atom stereocenters. The van der Waals surface area contributed by atoms with Crippen LogP contribution in [0.2, 0.25) is 0 Å². The molecule has 0 saturated carbocycles. The van der Waals surface area contributed by atoms with E-state index in [0.29, 0.717) is 19.6 Å². The van der Waals surface area contributed by atoms with Crippen LogP contribution in [0.15, 0.2) is 24.3 Å². The third-order valence-corrected chi connectivity index (χ3v) is 3.94. The maximum Gasteiger partial charge on any atom is 0.244 e. The molecule has 0 fully saturated rings. The summed E-state index contributed by atoms with van der Waals surface area (Å²) in [6, 6.07) is 9.70. The second-order valence-corrected chi connectivity index (χ2v) is 5.74. The molecule has 1 aromatic carbocycles. The van der Waals surface area contributed by atoms with Gasteiger partial charge in [-0.25, -0.2) is 0 Å². The molecule has 0 radical (unpaired) electrons. The average molecular weight is 317 g/mol. The Bertz CT molecular complexity index is 522. The van der Waals surface area contributed by atoms with E-state index >= 15 is 0 Å². The van der Waals surface area contributed by atoms with Crippen molar-refractivity contribution in [3.05, 3.63) is 29.8 Å². The highest BCUT2D eigenvalue weighted by molar-refractivity contribution is 5.97. The van der Waals surface area contributed by atoms with Crippen LogP contribution in [-0.4, -0.2) is 50.7 Å². The highest BCUT2D eigenvalue weighted by Crippen LogP contribution is 2.18. The zero-order valence-corrected chi connectivity index (χ0v) is 14.6. The predicted octanol–water partition coefficient (Wildman–Crippen LogP) is 2.60. The van der Waals surface area contributed by atoms with Gasteiger partial charge >= 0.3 is 0 Å². The van der Waals surface area contributed by atoms with Gasteiger partial charge in [0.2, 0.25) is 5.91 Å². The Morgan fingerprint density at radius 1 is 1.30 bits per heavy atom. The van der Waals surface area contributed by atoms with Crippen molar-refractivity contribution in [3.63, 3.8) is 0 Å². The Morgan fingerprint density at radius 3 is 2.52 bits per heavy atom. The molecule has 1 rings (SSSR count). The van der Waals surface area contributed by atoms with E-state index in [9.17, 15) is 4.79 Å². The van der Waals surface area contributed by atoms with Crippen molar-refractivity contribution in [1.82, 2.24) is 4.90 Å². The maximum absolute atomic E-state index is 12.9. The molecule has 1 aromatic rings. The Kier molecular flexibility index (Phi) is 8.31. The fraction of sp³-hybridized carbons (Fsp3) is 0.556. The molecule has 0 heterocycles. The molecule has 126 valence electrons. The monoisotopic (exact) mass is 317 g/mol. The quantitative estimate of drug-likeness (QED) is 0.657. The van der Waals surface area contributed by atoms with Crippen LogP contribution in [0.4, 0.5) is 5.69 Å². The molecule has 0 aliphatic rings. The van der Waals surface area contributed by atoms with E-state index in [4.69, 9.17) is 10.00 Å². The molecule has 1 amide bonds. The van der Waals surface area contributed by atoms with Gasteiger partial charge < -0.3 is 9.64 Å². The van der Waals surface area contributed by atoms with E-state index in [2.05, 4.69) is 6.07 Å². The fourth-order valence-corrected chi connectivity index (χ4v) is 2.32. The number of aryl methyl sites for hydroxylation is 1. The zero-order chi connectivity index (χ0) is 17.2. The lowest BCUT2D eigenvalue weighted by molar-refractivity contribution is -0.122. The molecule has 23 heavy (non-hydrogen) atoms. The van der Waals surface area contributed by atoms with Crippen molar-refractivity contribution in [3.8, 4) is 6.07 Å². The molecule has 0 aliphatic heterocycles. The van der Waals surface area contributed by atoms with Crippen LogP contribution in [0.3, 0.4) is 0 Å². The van der Waals surface area contributed by atoms with Crippen molar-refractivity contribution in [2.75, 3.05) is 38.8 Å². The predicted molar refractivity (Wildman–Crippen MR) is 92.3 cm³/mol. The number of hydrogen-bond acceptors (Lipinski definition) is 4. The number of carbonyl (C=O) groups excluding carboxylic acids is 1. The van der Waals surface area contributed by atoms with Crippen LogP contribution < -0.4 is 4.90 Å². The van der Waals surface area contributed by atoms with Gasteiger partial charge in [0, 0.05) is 32.5 Å². The second-order valence-electron chi connectivity index (χ2n) is 5.74. The summed E-state index contributed by atoms with van der Waals surface area (Å²) in [7, 11) is 3.62. The fourth-order valence-electron chi connectivity index (χ4n) is 2.32. The zero-order valence-electron chi connectivity index (χ0n) is 14.6. The lowest BCUT2D eigenvalue weighted by atomic mass is 10.1. The van der Waals surface area contributed by atoms with Crippen LogP contribution in [0.5, 0.6) is 0 Å². The van der Waals surface area contributed by atoms with Gasteiger partial charge in [-0.2, -0.15) is 5.26 Å². The third kappa shape index (κ3) is 6.01. The van der Waals surface area contributed by atoms with Gasteiger partial charge in [0.05, 0.1) is 18.5 Å². The topological polar surface area (TPSA) is 56.6 Å². The third-order valence-electron chi connectivity index (χ3n) is 3.94. The largest absolute Gasteiger partial charge is 0.385 e. The Morgan fingerprint density at radius 2 is 1.96 bits per heavy atom. The summed E-state index contributed by atoms with van der Waals surface area (Å²) in [6.45, 7) is 5.80. The van der Waals surface area contributed by atoms with Gasteiger partial charge in [0.1, 0.15) is 0 Å². The van der Waals surface area contributed by atoms with Gasteiger partial charge in [0.15, 0.2) is 0 Å². The van der Waals surface area contributed by atoms with Crippen LogP contribution in [0.25, 0.3) is 0 Å². The maximum atomic E-state index is 12.9. The summed E-state index contributed by atoms with van der Waals surface area (Å²) in [5.41, 5.74) is 1.99. The number of nitriles is 1. The minimum absolute atomic E-state index is 0.0176. The molecule has 1 unspecified atom stereocenters. The molecule has 0 spiro atoms. The summed E-state index contributed by atoms with van der Waals surface area (Å²) in [4.78, 5) is 16.6. The Hall–Kier alpha value is -1.90. The first kappa shape index (κ1) is 19.1. The SMILES string of the molecule is COCCCN(C)C(C)C(=O)N(CCC#N)c1ccc(C)cc1. The van der Waals surface area contributed by atoms with Crippen molar-refractivity contribution in [2.45, 2.75) is 32.7 Å². The number of rotatable bonds is 9. The lowest BCUT2D eigenvalue weighted by Crippen LogP contribution is -2.46. The number of hydrogen-bond donors (Lipinski definition) is 0. The van der Waals surface area contributed by atoms with Crippen LogP contribution >= 0.6 is 0 Å². The number of ether oxygens (including phenoxy) is 1. The summed E-state index contributed by atoms with van der Waals surface area (Å²) < 4.78 is 5.06. The first-order chi connectivity index (χ1) is 11.0. The summed E-state index contributed by atoms with van der Waals surface area (Å²) >= 11 is 0. The van der Waals surface area contributed by atoms with Crippen molar-refractivity contribution in [1.29, 1.82) is 5.26 Å². The highest BCUT2D eigenvalue weighted by Gasteiger charge is 2.24. The molecule has 5 heteroatoms. The molecular weight excluding hydrogens is 290 g/mol. The van der Waals surface area contributed by atoms with Crippen molar-refractivity contribution >= 4 is 11.6 Å². The number of methoxy groups -OCH3 is 1. The minimum atomic E-state index is -0.244. The highest BCUT2D eigenvalue weighted by atomic mass is 16.5. The van der Waals surface area contributed by atoms with Crippen LogP contribution in [0.1, 0.15) is 25.3 Å². The van der Waals surface area contributed by atoms with Crippen molar-refractivity contribution < 1.29 is 9.53 Å². The number of benzene rings is 1. The number of likely N-dealkylation sites (N-methyl/N-ethyl adjacent to an activating group) is 1. The summed E-state index contributed by atoms with van der Waals surface area (Å²) in [5.74, 6) is 0.0176. The standard InChI is InChI=1S/C18H27N3O2/c1-15-7-9-17(10-8-15)21(13-5-11-19)18(22)16(2)20(3)12-6-14-23-4/h7-10,16H,5-6,12-14H2,1-4H3. The van der Waals surface area contributed by atoms with E-state index in [1.54, 1.807) is 12.0 Å². The first-order valence-electron chi connectivity index (χ1n) is 7.95. The van der Waals surface area contributed by atoms with Gasteiger partial charge in [-0.1, -0.05) is 17.7 Å². The first-order valence-corrected chi connectivity index (χ1v) is 7.95. The normalized spacial score (nSPS) is 12.0. The Labute approximate surface area is 139 Å². The van der Waals surface area contributed by atoms with E-state index < -0.39 is 0 Å². The molecule has 0 bridgehead atoms. The summed E-state index contributed by atoms with van der Waals surface area (Å²) in [5, 5.41) is 8.87. The van der Waals surface area contributed by atoms with E-state index in [0.717, 1.165) is 24.2 Å². The number of carbonyl (C=O) groups is 1. The number of amides is 1. The molecule has 0 N–H and O–H groups in total.